The Labute approximate surface area is 116 Å². The van der Waals surface area contributed by atoms with Gasteiger partial charge < -0.3 is 10.5 Å². The fourth-order valence-electron chi connectivity index (χ4n) is 1.17. The van der Waals surface area contributed by atoms with Crippen molar-refractivity contribution in [1.82, 2.24) is 5.32 Å². The summed E-state index contributed by atoms with van der Waals surface area (Å²) in [5.41, 5.74) is 4.64. The Morgan fingerprint density at radius 1 is 1.35 bits per heavy atom. The number of primary amides is 1. The van der Waals surface area contributed by atoms with Gasteiger partial charge in [-0.1, -0.05) is 0 Å². The molecule has 20 heavy (non-hydrogen) atoms. The van der Waals surface area contributed by atoms with Gasteiger partial charge in [0.25, 0.3) is 15.0 Å². The smallest absolute Gasteiger partial charge is 0.318 e. The van der Waals surface area contributed by atoms with Crippen LogP contribution in [0.2, 0.25) is 0 Å². The maximum absolute atomic E-state index is 13.4. The van der Waals surface area contributed by atoms with Gasteiger partial charge in [0, 0.05) is 16.7 Å². The number of imide groups is 1. The summed E-state index contributed by atoms with van der Waals surface area (Å²) in [4.78, 5) is 20.4. The molecule has 0 bridgehead atoms. The van der Waals surface area contributed by atoms with Gasteiger partial charge in [0.15, 0.2) is 18.2 Å². The molecule has 0 radical (unpaired) electrons. The molecule has 0 unspecified atom stereocenters. The molecule has 1 aromatic rings. The van der Waals surface area contributed by atoms with Gasteiger partial charge in [-0.25, -0.2) is 22.0 Å². The van der Waals surface area contributed by atoms with Crippen LogP contribution in [0.3, 0.4) is 0 Å². The lowest BCUT2D eigenvalue weighted by molar-refractivity contribution is -0.122. The molecule has 0 saturated heterocycles. The minimum absolute atomic E-state index is 0.340. The largest absolute Gasteiger partial charge is 0.479 e. The molecule has 1 aromatic carbocycles. The normalized spacial score (nSPS) is 10.9. The van der Waals surface area contributed by atoms with Crippen LogP contribution in [0.5, 0.6) is 5.75 Å². The quantitative estimate of drug-likeness (QED) is 0.779. The van der Waals surface area contributed by atoms with Gasteiger partial charge in [0.1, 0.15) is 10.7 Å². The molecule has 0 aliphatic rings. The zero-order valence-electron chi connectivity index (χ0n) is 9.52. The molecule has 3 amide bonds. The highest BCUT2D eigenvalue weighted by molar-refractivity contribution is 8.13. The second kappa shape index (κ2) is 6.01. The monoisotopic (exact) mass is 328 g/mol. The first-order valence-electron chi connectivity index (χ1n) is 4.77. The Kier molecular flexibility index (Phi) is 4.84. The molecule has 0 saturated carbocycles. The van der Waals surface area contributed by atoms with E-state index in [1.807, 2.05) is 0 Å². The summed E-state index contributed by atoms with van der Waals surface area (Å²) in [7, 11) is 0.486. The molecule has 0 atom stereocenters. The number of ether oxygens (including phenoxy) is 1. The molecule has 0 heterocycles. The fraction of sp³-hybridized carbons (Fsp3) is 0.111. The van der Waals surface area contributed by atoms with Crippen LogP contribution in [0, 0.1) is 11.6 Å². The summed E-state index contributed by atoms with van der Waals surface area (Å²) < 4.78 is 53.3. The predicted molar refractivity (Wildman–Crippen MR) is 62.6 cm³/mol. The minimum Gasteiger partial charge on any atom is -0.479 e. The van der Waals surface area contributed by atoms with E-state index in [0.717, 1.165) is 0 Å². The number of halogens is 3. The first kappa shape index (κ1) is 16.1. The molecule has 7 nitrogen and oxygen atoms in total. The van der Waals surface area contributed by atoms with Crippen LogP contribution >= 0.6 is 10.7 Å². The number of hydrogen-bond donors (Lipinski definition) is 2. The zero-order valence-corrected chi connectivity index (χ0v) is 11.1. The van der Waals surface area contributed by atoms with E-state index in [2.05, 4.69) is 10.5 Å². The van der Waals surface area contributed by atoms with Crippen LogP contribution in [0.1, 0.15) is 0 Å². The van der Waals surface area contributed by atoms with E-state index in [1.165, 1.54) is 0 Å². The van der Waals surface area contributed by atoms with Gasteiger partial charge in [-0.2, -0.15) is 0 Å². The maximum Gasteiger partial charge on any atom is 0.318 e. The van der Waals surface area contributed by atoms with Crippen molar-refractivity contribution >= 4 is 31.7 Å². The van der Waals surface area contributed by atoms with E-state index in [1.54, 1.807) is 5.32 Å². The van der Waals surface area contributed by atoms with Crippen molar-refractivity contribution < 1.29 is 31.5 Å². The van der Waals surface area contributed by atoms with Gasteiger partial charge in [0.2, 0.25) is 0 Å². The third-order valence-corrected chi connectivity index (χ3v) is 3.17. The van der Waals surface area contributed by atoms with E-state index < -0.39 is 49.9 Å². The zero-order chi connectivity index (χ0) is 15.5. The molecule has 11 heteroatoms. The van der Waals surface area contributed by atoms with Gasteiger partial charge in [-0.15, -0.1) is 0 Å². The Bertz CT molecular complexity index is 665. The minimum atomic E-state index is -4.51. The third kappa shape index (κ3) is 4.31. The highest BCUT2D eigenvalue weighted by Gasteiger charge is 2.23. The topological polar surface area (TPSA) is 116 Å². The van der Waals surface area contributed by atoms with Crippen LogP contribution in [-0.2, 0) is 13.8 Å². The van der Waals surface area contributed by atoms with Gasteiger partial charge in [-0.05, 0) is 6.07 Å². The Hall–Kier alpha value is -1.94. The molecule has 0 aliphatic carbocycles. The van der Waals surface area contributed by atoms with Crippen molar-refractivity contribution in [3.05, 3.63) is 23.8 Å². The standard InChI is InChI=1S/C9H7ClF2N2O5S/c10-20(17,18)6-2-4(11)1-5(12)8(6)19-3-7(15)14-9(13)16/h1-2H,3H2,(H3,13,14,15,16). The average Bonchev–Trinajstić information content (AvgIpc) is 2.24. The predicted octanol–water partition coefficient (Wildman–Crippen LogP) is 0.466. The average molecular weight is 329 g/mol. The number of rotatable bonds is 4. The molecule has 0 aromatic heterocycles. The number of carbonyl (C=O) groups is 2. The van der Waals surface area contributed by atoms with Gasteiger partial charge >= 0.3 is 6.03 Å². The second-order valence-corrected chi connectivity index (χ2v) is 5.89. The summed E-state index contributed by atoms with van der Waals surface area (Å²) in [5.74, 6) is -4.58. The van der Waals surface area contributed by atoms with E-state index in [4.69, 9.17) is 10.7 Å². The Morgan fingerprint density at radius 3 is 2.45 bits per heavy atom. The summed E-state index contributed by atoms with van der Waals surface area (Å²) in [6.07, 6.45) is 0. The molecule has 3 N–H and O–H groups in total. The highest BCUT2D eigenvalue weighted by atomic mass is 35.7. The maximum atomic E-state index is 13.4. The van der Waals surface area contributed by atoms with Crippen molar-refractivity contribution in [3.63, 3.8) is 0 Å². The van der Waals surface area contributed by atoms with Crippen molar-refractivity contribution in [2.45, 2.75) is 4.90 Å². The van der Waals surface area contributed by atoms with Crippen molar-refractivity contribution in [1.29, 1.82) is 0 Å². The molecule has 1 rings (SSSR count). The highest BCUT2D eigenvalue weighted by Crippen LogP contribution is 2.30. The number of amides is 3. The summed E-state index contributed by atoms with van der Waals surface area (Å²) >= 11 is 0. The number of urea groups is 1. The number of hydrogen-bond acceptors (Lipinski definition) is 5. The lowest BCUT2D eigenvalue weighted by atomic mass is 10.3. The fourth-order valence-corrected chi connectivity index (χ4v) is 2.14. The molecule has 0 fully saturated rings. The molecule has 110 valence electrons. The van der Waals surface area contributed by atoms with E-state index in [0.29, 0.717) is 12.1 Å². The van der Waals surface area contributed by atoms with E-state index in [9.17, 15) is 26.8 Å². The summed E-state index contributed by atoms with van der Waals surface area (Å²) in [6, 6.07) is -0.414. The van der Waals surface area contributed by atoms with Gasteiger partial charge in [-0.3, -0.25) is 10.1 Å². The first-order chi connectivity index (χ1) is 9.11. The summed E-state index contributed by atoms with van der Waals surface area (Å²) in [5, 5.41) is 1.60. The van der Waals surface area contributed by atoms with Crippen molar-refractivity contribution in [3.8, 4) is 5.75 Å². The van der Waals surface area contributed by atoms with Crippen LogP contribution in [0.25, 0.3) is 0 Å². The SMILES string of the molecule is NC(=O)NC(=O)COc1c(F)cc(F)cc1S(=O)(=O)Cl. The number of nitrogens with two attached hydrogens (primary N) is 1. The molecule has 0 aliphatic heterocycles. The Morgan fingerprint density at radius 2 is 1.95 bits per heavy atom. The first-order valence-corrected chi connectivity index (χ1v) is 7.08. The lowest BCUT2D eigenvalue weighted by Gasteiger charge is -2.10. The summed E-state index contributed by atoms with van der Waals surface area (Å²) in [6.45, 7) is -0.926. The second-order valence-electron chi connectivity index (χ2n) is 3.35. The van der Waals surface area contributed by atoms with Crippen LogP contribution in [-0.4, -0.2) is 27.0 Å². The third-order valence-electron chi connectivity index (χ3n) is 1.85. The number of carbonyl (C=O) groups excluding carboxylic acids is 2. The van der Waals surface area contributed by atoms with Gasteiger partial charge in [0.05, 0.1) is 0 Å². The van der Waals surface area contributed by atoms with E-state index in [-0.39, 0.29) is 0 Å². The molecular weight excluding hydrogens is 322 g/mol. The lowest BCUT2D eigenvalue weighted by Crippen LogP contribution is -2.38. The van der Waals surface area contributed by atoms with Crippen molar-refractivity contribution in [2.24, 2.45) is 5.73 Å². The van der Waals surface area contributed by atoms with Crippen LogP contribution < -0.4 is 15.8 Å². The molecular formula is C9H7ClF2N2O5S. The molecule has 0 spiro atoms. The van der Waals surface area contributed by atoms with Crippen LogP contribution in [0.15, 0.2) is 17.0 Å². The Balaban J connectivity index is 3.06. The number of nitrogens with one attached hydrogen (secondary N) is 1. The van der Waals surface area contributed by atoms with Crippen molar-refractivity contribution in [2.75, 3.05) is 6.61 Å². The van der Waals surface area contributed by atoms with E-state index >= 15 is 0 Å². The van der Waals surface area contributed by atoms with Crippen LogP contribution in [0.4, 0.5) is 13.6 Å². The number of benzene rings is 1.